The van der Waals surface area contributed by atoms with Gasteiger partial charge in [-0.1, -0.05) is 13.8 Å². The normalized spacial score (nSPS) is 32.7. The third kappa shape index (κ3) is 2.60. The second-order valence-electron chi connectivity index (χ2n) is 5.80. The SMILES string of the molecule is CC1CCCN(C(=O)N2CC(C)C(C(=O)O)C2)C1. The average molecular weight is 254 g/mol. The van der Waals surface area contributed by atoms with Crippen molar-refractivity contribution in [1.29, 1.82) is 0 Å². The third-order valence-corrected chi connectivity index (χ3v) is 4.13. The van der Waals surface area contributed by atoms with E-state index in [4.69, 9.17) is 5.11 Å². The van der Waals surface area contributed by atoms with Crippen LogP contribution in [0.1, 0.15) is 26.7 Å². The Kier molecular flexibility index (Phi) is 3.78. The van der Waals surface area contributed by atoms with Gasteiger partial charge in [-0.2, -0.15) is 0 Å². The van der Waals surface area contributed by atoms with E-state index in [0.29, 0.717) is 19.0 Å². The molecule has 2 aliphatic heterocycles. The molecule has 1 N–H and O–H groups in total. The number of hydrogen-bond donors (Lipinski definition) is 1. The van der Waals surface area contributed by atoms with Gasteiger partial charge in [0.1, 0.15) is 0 Å². The first-order valence-corrected chi connectivity index (χ1v) is 6.75. The molecule has 0 aliphatic carbocycles. The summed E-state index contributed by atoms with van der Waals surface area (Å²) < 4.78 is 0. The summed E-state index contributed by atoms with van der Waals surface area (Å²) in [6.45, 7) is 6.62. The standard InChI is InChI=1S/C13H22N2O3/c1-9-4-3-5-14(6-9)13(18)15-7-10(2)11(8-15)12(16)17/h9-11H,3-8H2,1-2H3,(H,16,17). The van der Waals surface area contributed by atoms with Crippen LogP contribution in [0, 0.1) is 17.8 Å². The topological polar surface area (TPSA) is 60.9 Å². The molecule has 2 fully saturated rings. The summed E-state index contributed by atoms with van der Waals surface area (Å²) in [5, 5.41) is 9.08. The van der Waals surface area contributed by atoms with E-state index in [9.17, 15) is 9.59 Å². The van der Waals surface area contributed by atoms with E-state index in [0.717, 1.165) is 19.5 Å². The van der Waals surface area contributed by atoms with Crippen LogP contribution in [0.15, 0.2) is 0 Å². The van der Waals surface area contributed by atoms with Gasteiger partial charge in [0.25, 0.3) is 0 Å². The molecule has 0 bridgehead atoms. The van der Waals surface area contributed by atoms with Gasteiger partial charge < -0.3 is 14.9 Å². The highest BCUT2D eigenvalue weighted by Crippen LogP contribution is 2.25. The first-order chi connectivity index (χ1) is 8.49. The maximum absolute atomic E-state index is 12.3. The Balaban J connectivity index is 1.96. The van der Waals surface area contributed by atoms with Crippen LogP contribution in [0.3, 0.4) is 0 Å². The van der Waals surface area contributed by atoms with E-state index in [2.05, 4.69) is 6.92 Å². The Bertz CT molecular complexity index is 345. The number of nitrogens with zero attached hydrogens (tertiary/aromatic N) is 2. The maximum Gasteiger partial charge on any atom is 0.320 e. The highest BCUT2D eigenvalue weighted by Gasteiger charge is 2.38. The smallest absolute Gasteiger partial charge is 0.320 e. The number of rotatable bonds is 1. The van der Waals surface area contributed by atoms with Crippen LogP contribution in [0.4, 0.5) is 4.79 Å². The van der Waals surface area contributed by atoms with E-state index >= 15 is 0 Å². The highest BCUT2D eigenvalue weighted by molar-refractivity contribution is 5.77. The van der Waals surface area contributed by atoms with Crippen LogP contribution in [0.5, 0.6) is 0 Å². The van der Waals surface area contributed by atoms with Crippen molar-refractivity contribution in [2.45, 2.75) is 26.7 Å². The quantitative estimate of drug-likeness (QED) is 0.771. The van der Waals surface area contributed by atoms with Gasteiger partial charge in [-0.25, -0.2) is 4.79 Å². The first kappa shape index (κ1) is 13.2. The first-order valence-electron chi connectivity index (χ1n) is 6.75. The third-order valence-electron chi connectivity index (χ3n) is 4.13. The van der Waals surface area contributed by atoms with Crippen molar-refractivity contribution in [2.75, 3.05) is 26.2 Å². The molecule has 3 atom stereocenters. The minimum atomic E-state index is -0.787. The van der Waals surface area contributed by atoms with Crippen molar-refractivity contribution in [2.24, 2.45) is 17.8 Å². The van der Waals surface area contributed by atoms with Gasteiger partial charge in [-0.15, -0.1) is 0 Å². The van der Waals surface area contributed by atoms with Crippen molar-refractivity contribution >= 4 is 12.0 Å². The molecule has 5 nitrogen and oxygen atoms in total. The van der Waals surface area contributed by atoms with Crippen molar-refractivity contribution < 1.29 is 14.7 Å². The van der Waals surface area contributed by atoms with E-state index in [1.807, 2.05) is 11.8 Å². The summed E-state index contributed by atoms with van der Waals surface area (Å²) in [4.78, 5) is 27.0. The number of carboxylic acid groups (broad SMARTS) is 1. The molecule has 2 saturated heterocycles. The van der Waals surface area contributed by atoms with Gasteiger partial charge in [0.05, 0.1) is 5.92 Å². The minimum Gasteiger partial charge on any atom is -0.481 e. The Labute approximate surface area is 108 Å². The molecular formula is C13H22N2O3. The van der Waals surface area contributed by atoms with Crippen molar-refractivity contribution in [3.8, 4) is 0 Å². The molecular weight excluding hydrogens is 232 g/mol. The lowest BCUT2D eigenvalue weighted by molar-refractivity contribution is -0.142. The van der Waals surface area contributed by atoms with Crippen LogP contribution in [-0.2, 0) is 4.79 Å². The predicted octanol–water partition coefficient (Wildman–Crippen LogP) is 1.49. The Morgan fingerprint density at radius 2 is 1.83 bits per heavy atom. The lowest BCUT2D eigenvalue weighted by Gasteiger charge is -2.34. The zero-order valence-corrected chi connectivity index (χ0v) is 11.1. The molecule has 2 rings (SSSR count). The number of amides is 2. The molecule has 0 aromatic rings. The largest absolute Gasteiger partial charge is 0.481 e. The van der Waals surface area contributed by atoms with Gasteiger partial charge >= 0.3 is 12.0 Å². The van der Waals surface area contributed by atoms with Gasteiger partial charge in [-0.05, 0) is 24.7 Å². The van der Waals surface area contributed by atoms with Crippen LogP contribution in [0.2, 0.25) is 0 Å². The molecule has 3 unspecified atom stereocenters. The fraction of sp³-hybridized carbons (Fsp3) is 0.846. The number of aliphatic carboxylic acids is 1. The van der Waals surface area contributed by atoms with Crippen LogP contribution in [-0.4, -0.2) is 53.1 Å². The number of carboxylic acids is 1. The average Bonchev–Trinajstić information content (AvgIpc) is 2.70. The van der Waals surface area contributed by atoms with Gasteiger partial charge in [0, 0.05) is 26.2 Å². The Morgan fingerprint density at radius 1 is 1.11 bits per heavy atom. The van der Waals surface area contributed by atoms with Crippen molar-refractivity contribution in [3.63, 3.8) is 0 Å². The summed E-state index contributed by atoms with van der Waals surface area (Å²) in [7, 11) is 0. The summed E-state index contributed by atoms with van der Waals surface area (Å²) in [5.41, 5.74) is 0. The van der Waals surface area contributed by atoms with E-state index < -0.39 is 11.9 Å². The molecule has 102 valence electrons. The summed E-state index contributed by atoms with van der Waals surface area (Å²) in [6, 6.07) is 0.0251. The number of likely N-dealkylation sites (tertiary alicyclic amines) is 2. The predicted molar refractivity (Wildman–Crippen MR) is 67.2 cm³/mol. The van der Waals surface area contributed by atoms with Crippen LogP contribution >= 0.6 is 0 Å². The lowest BCUT2D eigenvalue weighted by atomic mass is 9.99. The summed E-state index contributed by atoms with van der Waals surface area (Å²) in [5.74, 6) is -0.590. The molecule has 5 heteroatoms. The Hall–Kier alpha value is -1.26. The number of urea groups is 1. The maximum atomic E-state index is 12.3. The zero-order valence-electron chi connectivity index (χ0n) is 11.1. The van der Waals surface area contributed by atoms with E-state index in [1.165, 1.54) is 6.42 Å². The number of carbonyl (C=O) groups excluding carboxylic acids is 1. The molecule has 2 aliphatic rings. The second kappa shape index (κ2) is 5.16. The minimum absolute atomic E-state index is 0.0251. The zero-order chi connectivity index (χ0) is 13.3. The van der Waals surface area contributed by atoms with Crippen molar-refractivity contribution in [3.05, 3.63) is 0 Å². The summed E-state index contributed by atoms with van der Waals surface area (Å²) in [6.07, 6.45) is 2.23. The molecule has 0 radical (unpaired) electrons. The molecule has 0 aromatic heterocycles. The molecule has 2 amide bonds. The monoisotopic (exact) mass is 254 g/mol. The molecule has 0 saturated carbocycles. The second-order valence-corrected chi connectivity index (χ2v) is 5.80. The molecule has 2 heterocycles. The van der Waals surface area contributed by atoms with Gasteiger partial charge in [-0.3, -0.25) is 4.79 Å². The van der Waals surface area contributed by atoms with Crippen LogP contribution in [0.25, 0.3) is 0 Å². The summed E-state index contributed by atoms with van der Waals surface area (Å²) >= 11 is 0. The molecule has 0 spiro atoms. The lowest BCUT2D eigenvalue weighted by Crippen LogP contribution is -2.46. The fourth-order valence-electron chi connectivity index (χ4n) is 3.01. The highest BCUT2D eigenvalue weighted by atomic mass is 16.4. The van der Waals surface area contributed by atoms with E-state index in [1.54, 1.807) is 4.90 Å². The Morgan fingerprint density at radius 3 is 2.39 bits per heavy atom. The molecule has 18 heavy (non-hydrogen) atoms. The number of hydrogen-bond acceptors (Lipinski definition) is 2. The number of carbonyl (C=O) groups is 2. The van der Waals surface area contributed by atoms with Gasteiger partial charge in [0.2, 0.25) is 0 Å². The molecule has 0 aromatic carbocycles. The van der Waals surface area contributed by atoms with Crippen LogP contribution < -0.4 is 0 Å². The fourth-order valence-corrected chi connectivity index (χ4v) is 3.01. The van der Waals surface area contributed by atoms with Crippen molar-refractivity contribution in [1.82, 2.24) is 9.80 Å². The van der Waals surface area contributed by atoms with E-state index in [-0.39, 0.29) is 11.9 Å². The number of piperidine rings is 1. The van der Waals surface area contributed by atoms with Gasteiger partial charge in [0.15, 0.2) is 0 Å².